The second-order valence-corrected chi connectivity index (χ2v) is 6.14. The number of halogens is 2. The van der Waals surface area contributed by atoms with Crippen LogP contribution >= 0.6 is 23.2 Å². The number of nitrogens with zero attached hydrogens (tertiary/aromatic N) is 2. The van der Waals surface area contributed by atoms with Crippen molar-refractivity contribution in [1.82, 2.24) is 5.01 Å². The molecule has 0 aromatic heterocycles. The molecule has 1 amide bonds. The van der Waals surface area contributed by atoms with E-state index in [9.17, 15) is 9.59 Å². The SMILES string of the molecule is O=C(OCC(=O)N1CCC(c2ccccc2)=N1)c1cccc(Cl)c1Cl. The van der Waals surface area contributed by atoms with Crippen molar-refractivity contribution in [2.45, 2.75) is 6.42 Å². The van der Waals surface area contributed by atoms with Crippen molar-refractivity contribution in [2.24, 2.45) is 5.10 Å². The summed E-state index contributed by atoms with van der Waals surface area (Å²) in [6.07, 6.45) is 0.657. The van der Waals surface area contributed by atoms with E-state index in [2.05, 4.69) is 5.10 Å². The van der Waals surface area contributed by atoms with Gasteiger partial charge in [0, 0.05) is 6.42 Å². The fourth-order valence-electron chi connectivity index (χ4n) is 2.41. The summed E-state index contributed by atoms with van der Waals surface area (Å²) in [6.45, 7) is 0.0474. The van der Waals surface area contributed by atoms with Gasteiger partial charge in [0.1, 0.15) is 0 Å². The molecule has 5 nitrogen and oxygen atoms in total. The molecule has 25 heavy (non-hydrogen) atoms. The van der Waals surface area contributed by atoms with Gasteiger partial charge in [-0.3, -0.25) is 4.79 Å². The van der Waals surface area contributed by atoms with E-state index >= 15 is 0 Å². The topological polar surface area (TPSA) is 59.0 Å². The first-order chi connectivity index (χ1) is 12.1. The number of carbonyl (C=O) groups excluding carboxylic acids is 2. The summed E-state index contributed by atoms with van der Waals surface area (Å²) < 4.78 is 5.04. The largest absolute Gasteiger partial charge is 0.452 e. The summed E-state index contributed by atoms with van der Waals surface area (Å²) in [5.41, 5.74) is 1.93. The number of rotatable bonds is 4. The molecule has 0 bridgehead atoms. The number of hydrazone groups is 1. The van der Waals surface area contributed by atoms with Gasteiger partial charge < -0.3 is 4.74 Å². The summed E-state index contributed by atoms with van der Waals surface area (Å²) in [5, 5.41) is 5.97. The van der Waals surface area contributed by atoms with Gasteiger partial charge in [0.2, 0.25) is 0 Å². The maximum absolute atomic E-state index is 12.2. The Balaban J connectivity index is 1.61. The maximum Gasteiger partial charge on any atom is 0.340 e. The molecule has 2 aromatic carbocycles. The highest BCUT2D eigenvalue weighted by molar-refractivity contribution is 6.43. The lowest BCUT2D eigenvalue weighted by Crippen LogP contribution is -2.28. The fourth-order valence-corrected chi connectivity index (χ4v) is 2.79. The highest BCUT2D eigenvalue weighted by atomic mass is 35.5. The van der Waals surface area contributed by atoms with E-state index in [-0.39, 0.29) is 15.6 Å². The van der Waals surface area contributed by atoms with E-state index in [0.717, 1.165) is 11.3 Å². The summed E-state index contributed by atoms with van der Waals surface area (Å²) in [7, 11) is 0. The predicted octanol–water partition coefficient (Wildman–Crippen LogP) is 3.79. The van der Waals surface area contributed by atoms with Crippen LogP contribution in [0.1, 0.15) is 22.3 Å². The van der Waals surface area contributed by atoms with Gasteiger partial charge in [0.05, 0.1) is 27.9 Å². The zero-order chi connectivity index (χ0) is 17.8. The molecule has 0 aliphatic carbocycles. The van der Waals surface area contributed by atoms with Crippen LogP contribution in [0, 0.1) is 0 Å². The van der Waals surface area contributed by atoms with Crippen molar-refractivity contribution in [2.75, 3.05) is 13.2 Å². The van der Waals surface area contributed by atoms with Crippen molar-refractivity contribution >= 4 is 40.8 Å². The minimum absolute atomic E-state index is 0.104. The summed E-state index contributed by atoms with van der Waals surface area (Å²) >= 11 is 11.8. The number of esters is 1. The van der Waals surface area contributed by atoms with E-state index in [1.807, 2.05) is 30.3 Å². The average Bonchev–Trinajstić information content (AvgIpc) is 3.13. The molecule has 1 aliphatic rings. The van der Waals surface area contributed by atoms with E-state index in [4.69, 9.17) is 27.9 Å². The quantitative estimate of drug-likeness (QED) is 0.762. The summed E-state index contributed by atoms with van der Waals surface area (Å²) in [5.74, 6) is -1.09. The molecule has 0 spiro atoms. The standard InChI is InChI=1S/C18H14Cl2N2O3/c19-14-8-4-7-13(17(14)20)18(24)25-11-16(23)22-10-9-15(21-22)12-5-2-1-3-6-12/h1-8H,9-11H2. The first-order valence-corrected chi connectivity index (χ1v) is 8.36. The second kappa shape index (κ2) is 7.68. The van der Waals surface area contributed by atoms with Crippen LogP contribution in [0.15, 0.2) is 53.6 Å². The van der Waals surface area contributed by atoms with E-state index in [1.54, 1.807) is 12.1 Å². The summed E-state index contributed by atoms with van der Waals surface area (Å²) in [4.78, 5) is 24.2. The van der Waals surface area contributed by atoms with Gasteiger partial charge in [0.25, 0.3) is 5.91 Å². The zero-order valence-electron chi connectivity index (χ0n) is 13.1. The van der Waals surface area contributed by atoms with Gasteiger partial charge >= 0.3 is 5.97 Å². The van der Waals surface area contributed by atoms with E-state index in [0.29, 0.717) is 13.0 Å². The highest BCUT2D eigenvalue weighted by Gasteiger charge is 2.23. The lowest BCUT2D eigenvalue weighted by atomic mass is 10.1. The first-order valence-electron chi connectivity index (χ1n) is 7.60. The van der Waals surface area contributed by atoms with Crippen LogP contribution in [0.25, 0.3) is 0 Å². The normalized spacial score (nSPS) is 13.5. The number of ether oxygens (including phenoxy) is 1. The van der Waals surface area contributed by atoms with Crippen LogP contribution in [-0.2, 0) is 9.53 Å². The van der Waals surface area contributed by atoms with E-state index in [1.165, 1.54) is 11.1 Å². The molecular weight excluding hydrogens is 363 g/mol. The molecule has 0 N–H and O–H groups in total. The Morgan fingerprint density at radius 1 is 1.08 bits per heavy atom. The number of carbonyl (C=O) groups is 2. The number of hydrogen-bond donors (Lipinski definition) is 0. The molecule has 0 atom stereocenters. The van der Waals surface area contributed by atoms with Gasteiger partial charge in [-0.1, -0.05) is 59.6 Å². The van der Waals surface area contributed by atoms with Gasteiger partial charge in [-0.25, -0.2) is 9.80 Å². The van der Waals surface area contributed by atoms with Crippen molar-refractivity contribution in [3.05, 3.63) is 69.7 Å². The Morgan fingerprint density at radius 3 is 2.60 bits per heavy atom. The average molecular weight is 377 g/mol. The monoisotopic (exact) mass is 376 g/mol. The minimum Gasteiger partial charge on any atom is -0.452 e. The maximum atomic E-state index is 12.2. The third kappa shape index (κ3) is 4.00. The van der Waals surface area contributed by atoms with Crippen LogP contribution in [0.3, 0.4) is 0 Å². The molecule has 0 radical (unpaired) electrons. The molecule has 3 rings (SSSR count). The van der Waals surface area contributed by atoms with Crippen molar-refractivity contribution in [3.63, 3.8) is 0 Å². The van der Waals surface area contributed by atoms with Gasteiger partial charge in [0.15, 0.2) is 6.61 Å². The Bertz CT molecular complexity index is 837. The van der Waals surface area contributed by atoms with Gasteiger partial charge in [-0.15, -0.1) is 0 Å². The molecule has 7 heteroatoms. The number of hydrogen-bond acceptors (Lipinski definition) is 4. The van der Waals surface area contributed by atoms with Crippen molar-refractivity contribution < 1.29 is 14.3 Å². The van der Waals surface area contributed by atoms with Crippen molar-refractivity contribution in [1.29, 1.82) is 0 Å². The first kappa shape index (κ1) is 17.5. The third-order valence-corrected chi connectivity index (χ3v) is 4.51. The molecule has 1 heterocycles. The molecule has 0 saturated carbocycles. The Kier molecular flexibility index (Phi) is 5.36. The molecule has 128 valence electrons. The predicted molar refractivity (Wildman–Crippen MR) is 96.1 cm³/mol. The lowest BCUT2D eigenvalue weighted by Gasteiger charge is -2.12. The van der Waals surface area contributed by atoms with Gasteiger partial charge in [-0.05, 0) is 17.7 Å². The van der Waals surface area contributed by atoms with Crippen molar-refractivity contribution in [3.8, 4) is 0 Å². The number of benzene rings is 2. The minimum atomic E-state index is -0.702. The Morgan fingerprint density at radius 2 is 1.84 bits per heavy atom. The molecule has 1 aliphatic heterocycles. The summed E-state index contributed by atoms with van der Waals surface area (Å²) in [6, 6.07) is 14.3. The molecule has 0 saturated heterocycles. The van der Waals surface area contributed by atoms with Crippen LogP contribution in [0.4, 0.5) is 0 Å². The fraction of sp³-hybridized carbons (Fsp3) is 0.167. The molecule has 0 unspecified atom stereocenters. The Labute approximate surface area is 154 Å². The number of amides is 1. The van der Waals surface area contributed by atoms with Crippen LogP contribution < -0.4 is 0 Å². The van der Waals surface area contributed by atoms with Gasteiger partial charge in [-0.2, -0.15) is 5.10 Å². The smallest absolute Gasteiger partial charge is 0.340 e. The van der Waals surface area contributed by atoms with Crippen LogP contribution in [-0.4, -0.2) is 35.7 Å². The van der Waals surface area contributed by atoms with Crippen LogP contribution in [0.2, 0.25) is 10.0 Å². The molecular formula is C18H14Cl2N2O3. The second-order valence-electron chi connectivity index (χ2n) is 5.36. The Hall–Kier alpha value is -2.37. The third-order valence-electron chi connectivity index (χ3n) is 3.69. The molecule has 0 fully saturated rings. The van der Waals surface area contributed by atoms with E-state index < -0.39 is 18.5 Å². The lowest BCUT2D eigenvalue weighted by molar-refractivity contribution is -0.134. The molecule has 2 aromatic rings. The van der Waals surface area contributed by atoms with Crippen LogP contribution in [0.5, 0.6) is 0 Å². The highest BCUT2D eigenvalue weighted by Crippen LogP contribution is 2.26. The zero-order valence-corrected chi connectivity index (χ0v) is 14.6.